The lowest BCUT2D eigenvalue weighted by Crippen LogP contribution is -2.40. The van der Waals surface area contributed by atoms with Gasteiger partial charge in [0.15, 0.2) is 0 Å². The molecule has 1 saturated carbocycles. The molecule has 1 N–H and O–H groups in total. The normalized spacial score (nSPS) is 35.7. The van der Waals surface area contributed by atoms with Gasteiger partial charge in [-0.1, -0.05) is 13.8 Å². The van der Waals surface area contributed by atoms with E-state index in [1.165, 1.54) is 12.8 Å². The Labute approximate surface area is 112 Å². The fourth-order valence-electron chi connectivity index (χ4n) is 3.40. The maximum Gasteiger partial charge on any atom is 0.0593 e. The Balaban J connectivity index is 1.85. The Bertz CT molecular complexity index is 237. The van der Waals surface area contributed by atoms with E-state index in [1.54, 1.807) is 0 Å². The lowest BCUT2D eigenvalue weighted by atomic mass is 9.74. The van der Waals surface area contributed by atoms with Crippen LogP contribution in [0.2, 0.25) is 0 Å². The highest BCUT2D eigenvalue weighted by molar-refractivity contribution is 4.83. The number of rotatable bonds is 3. The maximum absolute atomic E-state index is 10.2. The maximum atomic E-state index is 10.2. The number of nitrogens with zero attached hydrogens (tertiary/aromatic N) is 1. The fourth-order valence-corrected chi connectivity index (χ4v) is 3.40. The van der Waals surface area contributed by atoms with Crippen LogP contribution >= 0.6 is 0 Å². The molecule has 2 fully saturated rings. The average molecular weight is 255 g/mol. The molecule has 1 aliphatic carbocycles. The van der Waals surface area contributed by atoms with Gasteiger partial charge in [0.05, 0.1) is 12.7 Å². The van der Waals surface area contributed by atoms with E-state index in [0.29, 0.717) is 5.92 Å². The van der Waals surface area contributed by atoms with E-state index in [2.05, 4.69) is 18.7 Å². The summed E-state index contributed by atoms with van der Waals surface area (Å²) in [7, 11) is 0. The van der Waals surface area contributed by atoms with E-state index >= 15 is 0 Å². The highest BCUT2D eigenvalue weighted by Crippen LogP contribution is 2.34. The molecule has 0 bridgehead atoms. The predicted molar refractivity (Wildman–Crippen MR) is 73.6 cm³/mol. The molecule has 18 heavy (non-hydrogen) atoms. The summed E-state index contributed by atoms with van der Waals surface area (Å²) >= 11 is 0. The van der Waals surface area contributed by atoms with Crippen molar-refractivity contribution in [1.29, 1.82) is 0 Å². The first kappa shape index (κ1) is 14.3. The van der Waals surface area contributed by atoms with E-state index in [0.717, 1.165) is 57.5 Å². The molecular formula is C15H29NO2. The summed E-state index contributed by atoms with van der Waals surface area (Å²) in [5, 5.41) is 10.2. The standard InChI is InChI=1S/C15H29NO2/c1-12(2)13-4-5-15(17)14(10-13)11-16-6-3-8-18-9-7-16/h12-15,17H,3-11H2,1-2H3. The largest absolute Gasteiger partial charge is 0.393 e. The first-order valence-electron chi connectivity index (χ1n) is 7.65. The van der Waals surface area contributed by atoms with Crippen LogP contribution in [0.15, 0.2) is 0 Å². The molecule has 3 unspecified atom stereocenters. The van der Waals surface area contributed by atoms with Crippen molar-refractivity contribution >= 4 is 0 Å². The van der Waals surface area contributed by atoms with Crippen molar-refractivity contribution < 1.29 is 9.84 Å². The topological polar surface area (TPSA) is 32.7 Å². The molecule has 3 heteroatoms. The monoisotopic (exact) mass is 255 g/mol. The first-order chi connectivity index (χ1) is 8.66. The molecule has 3 nitrogen and oxygen atoms in total. The second-order valence-electron chi connectivity index (χ2n) is 6.41. The van der Waals surface area contributed by atoms with E-state index in [4.69, 9.17) is 4.74 Å². The van der Waals surface area contributed by atoms with Crippen LogP contribution in [0.3, 0.4) is 0 Å². The van der Waals surface area contributed by atoms with Gasteiger partial charge in [-0.25, -0.2) is 0 Å². The first-order valence-corrected chi connectivity index (χ1v) is 7.65. The molecule has 0 radical (unpaired) electrons. The van der Waals surface area contributed by atoms with Crippen molar-refractivity contribution in [2.45, 2.75) is 45.6 Å². The second kappa shape index (κ2) is 6.88. The average Bonchev–Trinajstić information content (AvgIpc) is 2.60. The third-order valence-corrected chi connectivity index (χ3v) is 4.73. The molecule has 1 heterocycles. The lowest BCUT2D eigenvalue weighted by Gasteiger charge is -2.37. The molecule has 0 aromatic rings. The minimum Gasteiger partial charge on any atom is -0.393 e. The minimum absolute atomic E-state index is 0.0795. The smallest absolute Gasteiger partial charge is 0.0593 e. The number of hydrogen-bond acceptors (Lipinski definition) is 3. The predicted octanol–water partition coefficient (Wildman–Crippen LogP) is 2.14. The van der Waals surface area contributed by atoms with Crippen molar-refractivity contribution in [2.24, 2.45) is 17.8 Å². The van der Waals surface area contributed by atoms with Gasteiger partial charge in [-0.15, -0.1) is 0 Å². The van der Waals surface area contributed by atoms with E-state index in [1.807, 2.05) is 0 Å². The third-order valence-electron chi connectivity index (χ3n) is 4.73. The molecule has 3 atom stereocenters. The molecule has 2 aliphatic rings. The van der Waals surface area contributed by atoms with Gasteiger partial charge in [0.2, 0.25) is 0 Å². The van der Waals surface area contributed by atoms with Gasteiger partial charge >= 0.3 is 0 Å². The number of aliphatic hydroxyl groups is 1. The Morgan fingerprint density at radius 1 is 1.22 bits per heavy atom. The van der Waals surface area contributed by atoms with E-state index in [-0.39, 0.29) is 6.10 Å². The quantitative estimate of drug-likeness (QED) is 0.838. The molecule has 2 rings (SSSR count). The number of ether oxygens (including phenoxy) is 1. The SMILES string of the molecule is CC(C)C1CCC(O)C(CN2CCCOCC2)C1. The molecular weight excluding hydrogens is 226 g/mol. The molecule has 106 valence electrons. The fraction of sp³-hybridized carbons (Fsp3) is 1.00. The number of hydrogen-bond donors (Lipinski definition) is 1. The van der Waals surface area contributed by atoms with Crippen LogP contribution in [-0.4, -0.2) is 49.0 Å². The van der Waals surface area contributed by atoms with Crippen molar-refractivity contribution in [3.8, 4) is 0 Å². The summed E-state index contributed by atoms with van der Waals surface area (Å²) in [5.41, 5.74) is 0. The highest BCUT2D eigenvalue weighted by Gasteiger charge is 2.31. The molecule has 0 spiro atoms. The van der Waals surface area contributed by atoms with Crippen LogP contribution in [0.5, 0.6) is 0 Å². The zero-order valence-corrected chi connectivity index (χ0v) is 12.0. The van der Waals surface area contributed by atoms with Crippen LogP contribution in [0, 0.1) is 17.8 Å². The third kappa shape index (κ3) is 3.94. The zero-order valence-electron chi connectivity index (χ0n) is 12.0. The van der Waals surface area contributed by atoms with Gasteiger partial charge in [0.1, 0.15) is 0 Å². The van der Waals surface area contributed by atoms with Gasteiger partial charge in [-0.2, -0.15) is 0 Å². The summed E-state index contributed by atoms with van der Waals surface area (Å²) in [6.45, 7) is 9.63. The minimum atomic E-state index is -0.0795. The molecule has 1 saturated heterocycles. The van der Waals surface area contributed by atoms with Crippen LogP contribution in [0.4, 0.5) is 0 Å². The highest BCUT2D eigenvalue weighted by atomic mass is 16.5. The Kier molecular flexibility index (Phi) is 5.46. The summed E-state index contributed by atoms with van der Waals surface area (Å²) in [4.78, 5) is 2.49. The van der Waals surface area contributed by atoms with E-state index < -0.39 is 0 Å². The van der Waals surface area contributed by atoms with Gasteiger partial charge in [0.25, 0.3) is 0 Å². The summed E-state index contributed by atoms with van der Waals surface area (Å²) in [5.74, 6) is 2.04. The number of aliphatic hydroxyl groups excluding tert-OH is 1. The van der Waals surface area contributed by atoms with Gasteiger partial charge in [-0.3, -0.25) is 0 Å². The van der Waals surface area contributed by atoms with Gasteiger partial charge < -0.3 is 14.7 Å². The molecule has 1 aliphatic heterocycles. The molecule has 0 amide bonds. The van der Waals surface area contributed by atoms with Crippen LogP contribution in [0.25, 0.3) is 0 Å². The summed E-state index contributed by atoms with van der Waals surface area (Å²) in [6, 6.07) is 0. The Hall–Kier alpha value is -0.120. The van der Waals surface area contributed by atoms with Crippen LogP contribution in [-0.2, 0) is 4.74 Å². The van der Waals surface area contributed by atoms with Crippen molar-refractivity contribution in [3.63, 3.8) is 0 Å². The lowest BCUT2D eigenvalue weighted by molar-refractivity contribution is 0.0181. The summed E-state index contributed by atoms with van der Waals surface area (Å²) in [6.07, 6.45) is 4.47. The van der Waals surface area contributed by atoms with Crippen LogP contribution in [0.1, 0.15) is 39.5 Å². The van der Waals surface area contributed by atoms with Crippen LogP contribution < -0.4 is 0 Å². The summed E-state index contributed by atoms with van der Waals surface area (Å²) < 4.78 is 5.50. The van der Waals surface area contributed by atoms with Gasteiger partial charge in [0, 0.05) is 26.2 Å². The van der Waals surface area contributed by atoms with Gasteiger partial charge in [-0.05, 0) is 43.4 Å². The van der Waals surface area contributed by atoms with Crippen molar-refractivity contribution in [1.82, 2.24) is 4.90 Å². The Morgan fingerprint density at radius 2 is 2.06 bits per heavy atom. The Morgan fingerprint density at radius 3 is 2.83 bits per heavy atom. The van der Waals surface area contributed by atoms with E-state index in [9.17, 15) is 5.11 Å². The van der Waals surface area contributed by atoms with Crippen molar-refractivity contribution in [2.75, 3.05) is 32.8 Å². The second-order valence-corrected chi connectivity index (χ2v) is 6.41. The zero-order chi connectivity index (χ0) is 13.0. The molecule has 0 aromatic heterocycles. The van der Waals surface area contributed by atoms with Crippen molar-refractivity contribution in [3.05, 3.63) is 0 Å². The molecule has 0 aromatic carbocycles.